The van der Waals surface area contributed by atoms with Crippen LogP contribution in [0.1, 0.15) is 48.8 Å². The molecule has 0 aliphatic carbocycles. The SMILES string of the molecule is Cc1cc(C#N)ccc1CN1CCCCC1CCC(=O)O. The monoisotopic (exact) mass is 286 g/mol. The molecular weight excluding hydrogens is 264 g/mol. The maximum Gasteiger partial charge on any atom is 0.303 e. The average molecular weight is 286 g/mol. The predicted molar refractivity (Wildman–Crippen MR) is 80.8 cm³/mol. The smallest absolute Gasteiger partial charge is 0.303 e. The lowest BCUT2D eigenvalue weighted by molar-refractivity contribution is -0.137. The van der Waals surface area contributed by atoms with Gasteiger partial charge in [-0.1, -0.05) is 12.5 Å². The average Bonchev–Trinajstić information content (AvgIpc) is 2.48. The Balaban J connectivity index is 2.05. The first-order valence-corrected chi connectivity index (χ1v) is 7.55. The van der Waals surface area contributed by atoms with Crippen molar-refractivity contribution in [2.75, 3.05) is 6.54 Å². The third-order valence-corrected chi connectivity index (χ3v) is 4.29. The highest BCUT2D eigenvalue weighted by atomic mass is 16.4. The van der Waals surface area contributed by atoms with Gasteiger partial charge in [0.25, 0.3) is 0 Å². The first-order valence-electron chi connectivity index (χ1n) is 7.55. The van der Waals surface area contributed by atoms with Crippen LogP contribution in [0.3, 0.4) is 0 Å². The number of hydrogen-bond donors (Lipinski definition) is 1. The summed E-state index contributed by atoms with van der Waals surface area (Å²) in [6.07, 6.45) is 4.42. The zero-order valence-corrected chi connectivity index (χ0v) is 12.5. The Morgan fingerprint density at radius 2 is 2.29 bits per heavy atom. The highest BCUT2D eigenvalue weighted by molar-refractivity contribution is 5.66. The van der Waals surface area contributed by atoms with E-state index in [-0.39, 0.29) is 6.42 Å². The Kier molecular flexibility index (Phi) is 5.35. The van der Waals surface area contributed by atoms with Gasteiger partial charge in [-0.15, -0.1) is 0 Å². The number of hydrogen-bond acceptors (Lipinski definition) is 3. The van der Waals surface area contributed by atoms with Gasteiger partial charge >= 0.3 is 5.97 Å². The number of piperidine rings is 1. The summed E-state index contributed by atoms with van der Waals surface area (Å²) in [7, 11) is 0. The van der Waals surface area contributed by atoms with Crippen LogP contribution in [-0.4, -0.2) is 28.6 Å². The van der Waals surface area contributed by atoms with Gasteiger partial charge in [-0.2, -0.15) is 5.26 Å². The van der Waals surface area contributed by atoms with Crippen molar-refractivity contribution in [3.05, 3.63) is 34.9 Å². The van der Waals surface area contributed by atoms with E-state index in [1.807, 2.05) is 25.1 Å². The summed E-state index contributed by atoms with van der Waals surface area (Å²) < 4.78 is 0. The molecular formula is C17H22N2O2. The van der Waals surface area contributed by atoms with Gasteiger partial charge in [0.1, 0.15) is 0 Å². The summed E-state index contributed by atoms with van der Waals surface area (Å²) in [5.41, 5.74) is 3.06. The van der Waals surface area contributed by atoms with Crippen molar-refractivity contribution < 1.29 is 9.90 Å². The fourth-order valence-electron chi connectivity index (χ4n) is 3.05. The quantitative estimate of drug-likeness (QED) is 0.903. The van der Waals surface area contributed by atoms with Crippen LogP contribution in [0.4, 0.5) is 0 Å². The molecule has 1 unspecified atom stereocenters. The van der Waals surface area contributed by atoms with Gasteiger partial charge in [0.15, 0.2) is 0 Å². The van der Waals surface area contributed by atoms with E-state index >= 15 is 0 Å². The second-order valence-electron chi connectivity index (χ2n) is 5.81. The summed E-state index contributed by atoms with van der Waals surface area (Å²) in [6, 6.07) is 8.33. The van der Waals surface area contributed by atoms with Crippen molar-refractivity contribution in [3.8, 4) is 6.07 Å². The molecule has 0 spiro atoms. The minimum atomic E-state index is -0.713. The van der Waals surface area contributed by atoms with Gasteiger partial charge in [0.05, 0.1) is 11.6 Å². The van der Waals surface area contributed by atoms with E-state index in [4.69, 9.17) is 10.4 Å². The first-order chi connectivity index (χ1) is 10.1. The summed E-state index contributed by atoms with van der Waals surface area (Å²) in [5.74, 6) is -0.713. The summed E-state index contributed by atoms with van der Waals surface area (Å²) in [4.78, 5) is 13.2. The fourth-order valence-corrected chi connectivity index (χ4v) is 3.05. The molecule has 0 aromatic heterocycles. The van der Waals surface area contributed by atoms with Crippen LogP contribution >= 0.6 is 0 Å². The zero-order chi connectivity index (χ0) is 15.2. The highest BCUT2D eigenvalue weighted by Crippen LogP contribution is 2.24. The third kappa shape index (κ3) is 4.30. The number of likely N-dealkylation sites (tertiary alicyclic amines) is 1. The number of carbonyl (C=O) groups is 1. The minimum Gasteiger partial charge on any atom is -0.481 e. The number of nitrogens with zero attached hydrogens (tertiary/aromatic N) is 2. The molecule has 1 aliphatic heterocycles. The van der Waals surface area contributed by atoms with Crippen LogP contribution in [0.5, 0.6) is 0 Å². The molecule has 0 amide bonds. The van der Waals surface area contributed by atoms with Gasteiger partial charge in [0.2, 0.25) is 0 Å². The van der Waals surface area contributed by atoms with Gasteiger partial charge < -0.3 is 5.11 Å². The Bertz CT molecular complexity index is 548. The van der Waals surface area contributed by atoms with Crippen LogP contribution < -0.4 is 0 Å². The lowest BCUT2D eigenvalue weighted by Gasteiger charge is -2.36. The fraction of sp³-hybridized carbons (Fsp3) is 0.529. The van der Waals surface area contributed by atoms with Crippen molar-refractivity contribution in [2.45, 2.75) is 51.6 Å². The van der Waals surface area contributed by atoms with Gasteiger partial charge in [-0.3, -0.25) is 9.69 Å². The molecule has 1 heterocycles. The van der Waals surface area contributed by atoms with E-state index in [1.54, 1.807) is 0 Å². The summed E-state index contributed by atoms with van der Waals surface area (Å²) in [5, 5.41) is 17.8. The van der Waals surface area contributed by atoms with Crippen molar-refractivity contribution in [2.24, 2.45) is 0 Å². The number of rotatable bonds is 5. The van der Waals surface area contributed by atoms with E-state index in [9.17, 15) is 4.79 Å². The molecule has 21 heavy (non-hydrogen) atoms. The van der Waals surface area contributed by atoms with Crippen molar-refractivity contribution in [1.82, 2.24) is 4.90 Å². The molecule has 1 atom stereocenters. The Morgan fingerprint density at radius 3 is 2.95 bits per heavy atom. The van der Waals surface area contributed by atoms with Gasteiger partial charge in [-0.05, 0) is 56.0 Å². The van der Waals surface area contributed by atoms with Gasteiger partial charge in [-0.25, -0.2) is 0 Å². The number of aryl methyl sites for hydroxylation is 1. The predicted octanol–water partition coefficient (Wildman–Crippen LogP) is 3.09. The van der Waals surface area contributed by atoms with Crippen LogP contribution in [0.2, 0.25) is 0 Å². The molecule has 0 bridgehead atoms. The number of benzene rings is 1. The second kappa shape index (κ2) is 7.24. The van der Waals surface area contributed by atoms with Gasteiger partial charge in [0, 0.05) is 19.0 Å². The standard InChI is InChI=1S/C17H22N2O2/c1-13-10-14(11-18)5-6-15(13)12-19-9-3-2-4-16(19)7-8-17(20)21/h5-6,10,16H,2-4,7-9,12H2,1H3,(H,20,21). The molecule has 0 saturated carbocycles. The number of carboxylic acids is 1. The normalized spacial score (nSPS) is 19.1. The van der Waals surface area contributed by atoms with Crippen molar-refractivity contribution >= 4 is 5.97 Å². The molecule has 4 heteroatoms. The molecule has 1 aromatic carbocycles. The van der Waals surface area contributed by atoms with Crippen LogP contribution in [0, 0.1) is 18.3 Å². The van der Waals surface area contributed by atoms with E-state index in [1.165, 1.54) is 18.4 Å². The first kappa shape index (κ1) is 15.5. The molecule has 1 N–H and O–H groups in total. The Labute approximate surface area is 126 Å². The number of carboxylic acid groups (broad SMARTS) is 1. The number of aliphatic carboxylic acids is 1. The van der Waals surface area contributed by atoms with Crippen LogP contribution in [0.25, 0.3) is 0 Å². The highest BCUT2D eigenvalue weighted by Gasteiger charge is 2.23. The third-order valence-electron chi connectivity index (χ3n) is 4.29. The van der Waals surface area contributed by atoms with Crippen LogP contribution in [-0.2, 0) is 11.3 Å². The summed E-state index contributed by atoms with van der Waals surface area (Å²) in [6.45, 7) is 3.91. The number of nitriles is 1. The molecule has 1 aliphatic rings. The van der Waals surface area contributed by atoms with E-state index in [0.717, 1.165) is 31.5 Å². The lowest BCUT2D eigenvalue weighted by atomic mass is 9.96. The largest absolute Gasteiger partial charge is 0.481 e. The van der Waals surface area contributed by atoms with E-state index in [0.29, 0.717) is 11.6 Å². The molecule has 1 aromatic rings. The van der Waals surface area contributed by atoms with Crippen LogP contribution in [0.15, 0.2) is 18.2 Å². The molecule has 4 nitrogen and oxygen atoms in total. The lowest BCUT2D eigenvalue weighted by Crippen LogP contribution is -2.39. The topological polar surface area (TPSA) is 64.3 Å². The molecule has 1 fully saturated rings. The Hall–Kier alpha value is -1.86. The molecule has 112 valence electrons. The van der Waals surface area contributed by atoms with E-state index < -0.39 is 5.97 Å². The zero-order valence-electron chi connectivity index (χ0n) is 12.5. The second-order valence-corrected chi connectivity index (χ2v) is 5.81. The maximum atomic E-state index is 10.8. The van der Waals surface area contributed by atoms with Crippen molar-refractivity contribution in [1.29, 1.82) is 5.26 Å². The maximum absolute atomic E-state index is 10.8. The van der Waals surface area contributed by atoms with E-state index in [2.05, 4.69) is 11.0 Å². The van der Waals surface area contributed by atoms with Crippen molar-refractivity contribution in [3.63, 3.8) is 0 Å². The molecule has 1 saturated heterocycles. The minimum absolute atomic E-state index is 0.244. The summed E-state index contributed by atoms with van der Waals surface area (Å²) >= 11 is 0. The molecule has 0 radical (unpaired) electrons. The molecule has 2 rings (SSSR count). The Morgan fingerprint density at radius 1 is 1.48 bits per heavy atom.